The van der Waals surface area contributed by atoms with Gasteiger partial charge in [0.1, 0.15) is 0 Å². The van der Waals surface area contributed by atoms with Crippen molar-refractivity contribution in [2.24, 2.45) is 0 Å². The number of aryl methyl sites for hydroxylation is 1. The van der Waals surface area contributed by atoms with Gasteiger partial charge in [-0.15, -0.1) is 0 Å². The Bertz CT molecular complexity index is 635. The Morgan fingerprint density at radius 1 is 1.29 bits per heavy atom. The van der Waals surface area contributed by atoms with Crippen LogP contribution in [0.15, 0.2) is 18.2 Å². The number of nitro groups is 1. The third-order valence-electron chi connectivity index (χ3n) is 5.34. The summed E-state index contributed by atoms with van der Waals surface area (Å²) < 4.78 is 0. The maximum absolute atomic E-state index is 12.3. The number of carbonyl (C=O) groups excluding carboxylic acids is 1. The highest BCUT2D eigenvalue weighted by Gasteiger charge is 2.36. The fourth-order valence-corrected chi connectivity index (χ4v) is 3.98. The largest absolute Gasteiger partial charge is 0.335 e. The zero-order chi connectivity index (χ0) is 17.3. The molecule has 24 heavy (non-hydrogen) atoms. The van der Waals surface area contributed by atoms with E-state index in [-0.39, 0.29) is 17.8 Å². The van der Waals surface area contributed by atoms with Crippen molar-refractivity contribution in [2.75, 3.05) is 12.4 Å². The average molecular weight is 332 g/mol. The number of nitrogens with one attached hydrogen (secondary N) is 2. The van der Waals surface area contributed by atoms with Crippen molar-refractivity contribution in [1.29, 1.82) is 0 Å². The van der Waals surface area contributed by atoms with Crippen LogP contribution < -0.4 is 10.6 Å². The van der Waals surface area contributed by atoms with E-state index in [9.17, 15) is 14.9 Å². The number of amides is 2. The highest BCUT2D eigenvalue weighted by atomic mass is 16.6. The molecule has 0 radical (unpaired) electrons. The number of benzene rings is 1. The van der Waals surface area contributed by atoms with Gasteiger partial charge < -0.3 is 15.5 Å². The van der Waals surface area contributed by atoms with Crippen molar-refractivity contribution in [3.63, 3.8) is 0 Å². The zero-order valence-corrected chi connectivity index (χ0v) is 14.1. The molecule has 2 bridgehead atoms. The van der Waals surface area contributed by atoms with Gasteiger partial charge in [-0.2, -0.15) is 0 Å². The Balaban J connectivity index is 1.59. The first-order chi connectivity index (χ1) is 11.4. The molecule has 2 saturated heterocycles. The fourth-order valence-electron chi connectivity index (χ4n) is 3.98. The highest BCUT2D eigenvalue weighted by molar-refractivity contribution is 5.90. The molecule has 1 aromatic rings. The highest BCUT2D eigenvalue weighted by Crippen LogP contribution is 2.32. The van der Waals surface area contributed by atoms with Gasteiger partial charge in [0.25, 0.3) is 5.69 Å². The van der Waals surface area contributed by atoms with Crippen LogP contribution in [-0.2, 0) is 0 Å². The van der Waals surface area contributed by atoms with Gasteiger partial charge in [0.05, 0.1) is 4.92 Å². The summed E-state index contributed by atoms with van der Waals surface area (Å²) >= 11 is 0. The SMILES string of the molecule is Cc1cc([N+](=O)[O-])ccc1NC(=O)NC1CC2CCCC(C1)N2C. The van der Waals surface area contributed by atoms with Crippen molar-refractivity contribution < 1.29 is 9.72 Å². The first-order valence-corrected chi connectivity index (χ1v) is 8.48. The Morgan fingerprint density at radius 2 is 1.96 bits per heavy atom. The quantitative estimate of drug-likeness (QED) is 0.658. The first-order valence-electron chi connectivity index (χ1n) is 8.48. The topological polar surface area (TPSA) is 87.5 Å². The number of non-ortho nitro benzene ring substituents is 1. The Labute approximate surface area is 141 Å². The molecule has 2 aliphatic rings. The predicted molar refractivity (Wildman–Crippen MR) is 92.2 cm³/mol. The molecule has 2 unspecified atom stereocenters. The van der Waals surface area contributed by atoms with Crippen LogP contribution in [0.5, 0.6) is 0 Å². The molecule has 2 atom stereocenters. The van der Waals surface area contributed by atoms with Crippen LogP contribution in [0.3, 0.4) is 0 Å². The van der Waals surface area contributed by atoms with Crippen LogP contribution in [0.4, 0.5) is 16.2 Å². The van der Waals surface area contributed by atoms with Crippen molar-refractivity contribution in [2.45, 2.75) is 57.2 Å². The van der Waals surface area contributed by atoms with Crippen molar-refractivity contribution >= 4 is 17.4 Å². The van der Waals surface area contributed by atoms with Crippen molar-refractivity contribution in [3.05, 3.63) is 33.9 Å². The van der Waals surface area contributed by atoms with Crippen LogP contribution in [0.1, 0.15) is 37.7 Å². The zero-order valence-electron chi connectivity index (χ0n) is 14.1. The van der Waals surface area contributed by atoms with Crippen molar-refractivity contribution in [1.82, 2.24) is 10.2 Å². The van der Waals surface area contributed by atoms with Crippen LogP contribution in [0, 0.1) is 17.0 Å². The third-order valence-corrected chi connectivity index (χ3v) is 5.34. The number of rotatable bonds is 3. The Hall–Kier alpha value is -2.15. The third kappa shape index (κ3) is 3.51. The Morgan fingerprint density at radius 3 is 2.54 bits per heavy atom. The second-order valence-corrected chi connectivity index (χ2v) is 6.93. The molecule has 2 N–H and O–H groups in total. The number of fused-ring (bicyclic) bond motifs is 2. The molecule has 2 heterocycles. The molecule has 0 aliphatic carbocycles. The van der Waals surface area contributed by atoms with Gasteiger partial charge in [0.2, 0.25) is 0 Å². The number of hydrogen-bond donors (Lipinski definition) is 2. The lowest BCUT2D eigenvalue weighted by molar-refractivity contribution is -0.384. The summed E-state index contributed by atoms with van der Waals surface area (Å²) in [6.07, 6.45) is 5.66. The molecule has 3 rings (SSSR count). The second kappa shape index (κ2) is 6.76. The lowest BCUT2D eigenvalue weighted by Crippen LogP contribution is -2.55. The molecule has 1 aromatic carbocycles. The number of nitro benzene ring substituents is 1. The van der Waals surface area contributed by atoms with Gasteiger partial charge in [-0.25, -0.2) is 4.79 Å². The molecular weight excluding hydrogens is 308 g/mol. The van der Waals surface area contributed by atoms with Gasteiger partial charge in [-0.05, 0) is 51.3 Å². The molecule has 2 amide bonds. The van der Waals surface area contributed by atoms with Gasteiger partial charge in [-0.1, -0.05) is 6.42 Å². The molecule has 7 heteroatoms. The number of carbonyl (C=O) groups is 1. The maximum Gasteiger partial charge on any atom is 0.319 e. The lowest BCUT2D eigenvalue weighted by Gasteiger charge is -2.47. The van der Waals surface area contributed by atoms with Gasteiger partial charge in [-0.3, -0.25) is 10.1 Å². The molecule has 2 fully saturated rings. The minimum atomic E-state index is -0.436. The normalized spacial score (nSPS) is 26.7. The lowest BCUT2D eigenvalue weighted by atomic mass is 9.82. The summed E-state index contributed by atoms with van der Waals surface area (Å²) in [6.45, 7) is 1.75. The van der Waals surface area contributed by atoms with Crippen LogP contribution in [-0.4, -0.2) is 41.0 Å². The monoisotopic (exact) mass is 332 g/mol. The predicted octanol–water partition coefficient (Wildman–Crippen LogP) is 3.04. The number of nitrogens with zero attached hydrogens (tertiary/aromatic N) is 2. The standard InChI is InChI=1S/C17H24N4O3/c1-11-8-15(21(23)24)6-7-16(11)19-17(22)18-12-9-13-4-3-5-14(10-12)20(13)2/h6-8,12-14H,3-5,9-10H2,1-2H3,(H2,18,19,22). The molecule has 0 saturated carbocycles. The number of anilines is 1. The van der Waals surface area contributed by atoms with E-state index in [4.69, 9.17) is 0 Å². The average Bonchev–Trinajstić information content (AvgIpc) is 2.50. The molecular formula is C17H24N4O3. The van der Waals surface area contributed by atoms with E-state index < -0.39 is 4.92 Å². The van der Waals surface area contributed by atoms with E-state index >= 15 is 0 Å². The summed E-state index contributed by atoms with van der Waals surface area (Å²) in [6, 6.07) is 5.52. The van der Waals surface area contributed by atoms with E-state index in [0.717, 1.165) is 12.8 Å². The summed E-state index contributed by atoms with van der Waals surface area (Å²) in [5.41, 5.74) is 1.31. The molecule has 0 aromatic heterocycles. The van der Waals surface area contributed by atoms with Gasteiger partial charge in [0.15, 0.2) is 0 Å². The minimum absolute atomic E-state index is 0.0293. The van der Waals surface area contributed by atoms with Gasteiger partial charge in [0, 0.05) is 35.9 Å². The molecule has 0 spiro atoms. The van der Waals surface area contributed by atoms with Crippen LogP contribution >= 0.6 is 0 Å². The van der Waals surface area contributed by atoms with E-state index in [1.807, 2.05) is 0 Å². The van der Waals surface area contributed by atoms with Crippen molar-refractivity contribution in [3.8, 4) is 0 Å². The summed E-state index contributed by atoms with van der Waals surface area (Å²) in [5, 5.41) is 16.7. The molecule has 7 nitrogen and oxygen atoms in total. The molecule has 2 aliphatic heterocycles. The van der Waals surface area contributed by atoms with E-state index in [1.54, 1.807) is 13.0 Å². The summed E-state index contributed by atoms with van der Waals surface area (Å²) in [7, 11) is 2.19. The smallest absolute Gasteiger partial charge is 0.319 e. The number of hydrogen-bond acceptors (Lipinski definition) is 4. The van der Waals surface area contributed by atoms with E-state index in [1.165, 1.54) is 31.4 Å². The van der Waals surface area contributed by atoms with Crippen LogP contribution in [0.25, 0.3) is 0 Å². The Kier molecular flexibility index (Phi) is 4.71. The number of piperidine rings is 2. The summed E-state index contributed by atoms with van der Waals surface area (Å²) in [4.78, 5) is 25.1. The summed E-state index contributed by atoms with van der Waals surface area (Å²) in [5.74, 6) is 0. The van der Waals surface area contributed by atoms with Gasteiger partial charge >= 0.3 is 6.03 Å². The van der Waals surface area contributed by atoms with E-state index in [2.05, 4.69) is 22.6 Å². The number of urea groups is 1. The fraction of sp³-hybridized carbons (Fsp3) is 0.588. The first kappa shape index (κ1) is 16.7. The second-order valence-electron chi connectivity index (χ2n) is 6.93. The van der Waals surface area contributed by atoms with E-state index in [0.29, 0.717) is 23.3 Å². The van der Waals surface area contributed by atoms with Crippen LogP contribution in [0.2, 0.25) is 0 Å². The molecule has 130 valence electrons. The minimum Gasteiger partial charge on any atom is -0.335 e. The maximum atomic E-state index is 12.3.